The molecular formula is C19H26IN5O. The number of amides is 1. The fourth-order valence-corrected chi connectivity index (χ4v) is 2.31. The number of carbonyl (C=O) groups is 1. The lowest BCUT2D eigenvalue weighted by atomic mass is 10.1. The van der Waals surface area contributed by atoms with Gasteiger partial charge in [0.2, 0.25) is 5.91 Å². The number of benzene rings is 1. The number of hydrogen-bond donors (Lipinski definition) is 3. The molecule has 0 saturated heterocycles. The van der Waals surface area contributed by atoms with Crippen molar-refractivity contribution in [2.45, 2.75) is 19.8 Å². The molecule has 0 saturated carbocycles. The first-order valence-electron chi connectivity index (χ1n) is 8.44. The second-order valence-corrected chi connectivity index (χ2v) is 5.53. The van der Waals surface area contributed by atoms with Crippen LogP contribution in [0.2, 0.25) is 0 Å². The van der Waals surface area contributed by atoms with Crippen molar-refractivity contribution in [2.75, 3.05) is 25.5 Å². The van der Waals surface area contributed by atoms with Crippen molar-refractivity contribution in [3.63, 3.8) is 0 Å². The first-order valence-corrected chi connectivity index (χ1v) is 8.44. The average molecular weight is 467 g/mol. The molecule has 3 N–H and O–H groups in total. The molecule has 0 spiro atoms. The largest absolute Gasteiger partial charge is 0.356 e. The molecule has 0 aliphatic rings. The van der Waals surface area contributed by atoms with Gasteiger partial charge in [-0.05, 0) is 36.2 Å². The van der Waals surface area contributed by atoms with Gasteiger partial charge in [-0.25, -0.2) is 0 Å². The summed E-state index contributed by atoms with van der Waals surface area (Å²) in [5.74, 6) is 0.481. The van der Waals surface area contributed by atoms with Crippen molar-refractivity contribution in [1.82, 2.24) is 15.6 Å². The summed E-state index contributed by atoms with van der Waals surface area (Å²) < 4.78 is 0. The number of nitrogens with zero attached hydrogens (tertiary/aromatic N) is 2. The van der Waals surface area contributed by atoms with Crippen LogP contribution < -0.4 is 16.0 Å². The van der Waals surface area contributed by atoms with Gasteiger partial charge in [-0.2, -0.15) is 0 Å². The summed E-state index contributed by atoms with van der Waals surface area (Å²) in [5, 5.41) is 9.07. The van der Waals surface area contributed by atoms with Gasteiger partial charge in [0.1, 0.15) is 0 Å². The lowest BCUT2D eigenvalue weighted by molar-refractivity contribution is -0.115. The number of anilines is 1. The number of nitrogens with one attached hydrogen (secondary N) is 3. The quantitative estimate of drug-likeness (QED) is 0.333. The van der Waals surface area contributed by atoms with E-state index in [0.29, 0.717) is 12.5 Å². The van der Waals surface area contributed by atoms with Gasteiger partial charge in [0.05, 0.1) is 6.54 Å². The van der Waals surface area contributed by atoms with E-state index in [-0.39, 0.29) is 36.4 Å². The maximum atomic E-state index is 12.1. The highest BCUT2D eigenvalue weighted by molar-refractivity contribution is 14.0. The smallest absolute Gasteiger partial charge is 0.243 e. The molecule has 0 fully saturated rings. The molecule has 1 aromatic heterocycles. The van der Waals surface area contributed by atoms with Crippen LogP contribution in [-0.4, -0.2) is 37.0 Å². The molecule has 0 aliphatic heterocycles. The van der Waals surface area contributed by atoms with E-state index >= 15 is 0 Å². The Labute approximate surface area is 171 Å². The zero-order valence-corrected chi connectivity index (χ0v) is 17.5. The first-order chi connectivity index (χ1) is 12.2. The van der Waals surface area contributed by atoms with Gasteiger partial charge in [-0.1, -0.05) is 25.1 Å². The van der Waals surface area contributed by atoms with Gasteiger partial charge in [0, 0.05) is 37.6 Å². The van der Waals surface area contributed by atoms with E-state index in [1.807, 2.05) is 42.5 Å². The molecule has 26 heavy (non-hydrogen) atoms. The summed E-state index contributed by atoms with van der Waals surface area (Å²) >= 11 is 0. The Hall–Kier alpha value is -2.16. The molecule has 0 unspecified atom stereocenters. The van der Waals surface area contributed by atoms with Crippen LogP contribution >= 0.6 is 24.0 Å². The SMILES string of the molecule is CCc1cccc(NC(=O)CNC(=NC)NCCc2ccccn2)c1.I. The van der Waals surface area contributed by atoms with Gasteiger partial charge < -0.3 is 16.0 Å². The van der Waals surface area contributed by atoms with Gasteiger partial charge in [0.25, 0.3) is 0 Å². The van der Waals surface area contributed by atoms with Crippen molar-refractivity contribution < 1.29 is 4.79 Å². The van der Waals surface area contributed by atoms with Crippen molar-refractivity contribution in [2.24, 2.45) is 4.99 Å². The minimum absolute atomic E-state index is 0. The fraction of sp³-hybridized carbons (Fsp3) is 0.316. The predicted molar refractivity (Wildman–Crippen MR) is 117 cm³/mol. The van der Waals surface area contributed by atoms with E-state index < -0.39 is 0 Å². The lowest BCUT2D eigenvalue weighted by Crippen LogP contribution is -2.42. The zero-order chi connectivity index (χ0) is 17.9. The van der Waals surface area contributed by atoms with Crippen molar-refractivity contribution in [3.05, 3.63) is 59.9 Å². The zero-order valence-electron chi connectivity index (χ0n) is 15.2. The number of guanidine groups is 1. The highest BCUT2D eigenvalue weighted by Crippen LogP contribution is 2.10. The fourth-order valence-electron chi connectivity index (χ4n) is 2.31. The summed E-state index contributed by atoms with van der Waals surface area (Å²) in [6.45, 7) is 2.93. The molecule has 0 aliphatic carbocycles. The van der Waals surface area contributed by atoms with Crippen LogP contribution in [0.1, 0.15) is 18.2 Å². The minimum atomic E-state index is -0.110. The number of aliphatic imine (C=N–C) groups is 1. The summed E-state index contributed by atoms with van der Waals surface area (Å²) in [6.07, 6.45) is 3.51. The number of carbonyl (C=O) groups excluding carboxylic acids is 1. The van der Waals surface area contributed by atoms with E-state index in [2.05, 4.69) is 32.9 Å². The molecule has 7 heteroatoms. The second-order valence-electron chi connectivity index (χ2n) is 5.53. The first kappa shape index (κ1) is 21.9. The summed E-state index contributed by atoms with van der Waals surface area (Å²) in [4.78, 5) is 20.5. The molecule has 1 amide bonds. The van der Waals surface area contributed by atoms with Crippen molar-refractivity contribution >= 4 is 41.5 Å². The Morgan fingerprint density at radius 1 is 1.15 bits per heavy atom. The van der Waals surface area contributed by atoms with Crippen molar-refractivity contribution in [1.29, 1.82) is 0 Å². The Kier molecular flexibility index (Phi) is 10.3. The van der Waals surface area contributed by atoms with E-state index in [1.54, 1.807) is 13.2 Å². The molecule has 0 radical (unpaired) electrons. The maximum Gasteiger partial charge on any atom is 0.243 e. The highest BCUT2D eigenvalue weighted by atomic mass is 127. The Balaban J connectivity index is 0.00000338. The number of halogens is 1. The van der Waals surface area contributed by atoms with Crippen LogP contribution in [0.3, 0.4) is 0 Å². The van der Waals surface area contributed by atoms with Gasteiger partial charge in [0.15, 0.2) is 5.96 Å². The number of hydrogen-bond acceptors (Lipinski definition) is 3. The maximum absolute atomic E-state index is 12.1. The van der Waals surface area contributed by atoms with Crippen LogP contribution in [0.4, 0.5) is 5.69 Å². The molecule has 1 aromatic carbocycles. The van der Waals surface area contributed by atoms with Crippen LogP contribution in [0.25, 0.3) is 0 Å². The average Bonchev–Trinajstić information content (AvgIpc) is 2.65. The summed E-state index contributed by atoms with van der Waals surface area (Å²) in [6, 6.07) is 13.7. The number of aromatic nitrogens is 1. The number of rotatable bonds is 7. The van der Waals surface area contributed by atoms with Crippen LogP contribution in [0, 0.1) is 0 Å². The Bertz CT molecular complexity index is 706. The van der Waals surface area contributed by atoms with E-state index in [0.717, 1.165) is 24.2 Å². The standard InChI is InChI=1S/C19H25N5O.HI/c1-3-15-7-6-9-17(13-15)24-18(25)14-23-19(20-2)22-12-10-16-8-4-5-11-21-16;/h4-9,11,13H,3,10,12,14H2,1-2H3,(H,24,25)(H2,20,22,23);1H. The number of pyridine rings is 1. The van der Waals surface area contributed by atoms with E-state index in [1.165, 1.54) is 5.56 Å². The summed E-state index contributed by atoms with van der Waals surface area (Å²) in [7, 11) is 1.68. The molecule has 140 valence electrons. The third-order valence-corrected chi connectivity index (χ3v) is 3.66. The van der Waals surface area contributed by atoms with Crippen LogP contribution in [0.5, 0.6) is 0 Å². The topological polar surface area (TPSA) is 78.4 Å². The highest BCUT2D eigenvalue weighted by Gasteiger charge is 2.05. The predicted octanol–water partition coefficient (Wildman–Crippen LogP) is 2.61. The monoisotopic (exact) mass is 467 g/mol. The second kappa shape index (κ2) is 12.2. The van der Waals surface area contributed by atoms with Gasteiger partial charge >= 0.3 is 0 Å². The molecular weight excluding hydrogens is 441 g/mol. The minimum Gasteiger partial charge on any atom is -0.356 e. The normalized spacial score (nSPS) is 10.6. The molecule has 1 heterocycles. The summed E-state index contributed by atoms with van der Waals surface area (Å²) in [5.41, 5.74) is 3.01. The van der Waals surface area contributed by atoms with Gasteiger partial charge in [-0.3, -0.25) is 14.8 Å². The Morgan fingerprint density at radius 3 is 2.69 bits per heavy atom. The van der Waals surface area contributed by atoms with E-state index in [9.17, 15) is 4.79 Å². The Morgan fingerprint density at radius 2 is 2.00 bits per heavy atom. The lowest BCUT2D eigenvalue weighted by Gasteiger charge is -2.12. The molecule has 0 atom stereocenters. The molecule has 6 nitrogen and oxygen atoms in total. The molecule has 2 aromatic rings. The van der Waals surface area contributed by atoms with Crippen LogP contribution in [0.15, 0.2) is 53.7 Å². The molecule has 2 rings (SSSR count). The van der Waals surface area contributed by atoms with Crippen molar-refractivity contribution in [3.8, 4) is 0 Å². The van der Waals surface area contributed by atoms with E-state index in [4.69, 9.17) is 0 Å². The van der Waals surface area contributed by atoms with Gasteiger partial charge in [-0.15, -0.1) is 24.0 Å². The number of aryl methyl sites for hydroxylation is 1. The third kappa shape index (κ3) is 7.81. The third-order valence-electron chi connectivity index (χ3n) is 3.66. The van der Waals surface area contributed by atoms with Crippen LogP contribution in [-0.2, 0) is 17.6 Å². The molecule has 0 bridgehead atoms.